The van der Waals surface area contributed by atoms with E-state index in [9.17, 15) is 4.79 Å². The molecule has 0 atom stereocenters. The zero-order valence-electron chi connectivity index (χ0n) is 10.3. The molecule has 0 heterocycles. The highest BCUT2D eigenvalue weighted by Crippen LogP contribution is 2.22. The molecule has 5 nitrogen and oxygen atoms in total. The van der Waals surface area contributed by atoms with Gasteiger partial charge in [-0.25, -0.2) is 9.79 Å². The summed E-state index contributed by atoms with van der Waals surface area (Å²) in [6.07, 6.45) is 3.69. The van der Waals surface area contributed by atoms with E-state index >= 15 is 0 Å². The number of aliphatic imine (C=N–C) groups is 1. The molecule has 0 radical (unpaired) electrons. The van der Waals surface area contributed by atoms with E-state index in [1.165, 1.54) is 6.08 Å². The third kappa shape index (κ3) is 10.0. The lowest BCUT2D eigenvalue weighted by Crippen LogP contribution is -2.27. The van der Waals surface area contributed by atoms with Crippen LogP contribution in [0.1, 0.15) is 33.6 Å². The van der Waals surface area contributed by atoms with Crippen molar-refractivity contribution in [3.8, 4) is 0 Å². The number of hydrogen-bond acceptors (Lipinski definition) is 5. The Morgan fingerprint density at radius 2 is 1.56 bits per heavy atom. The van der Waals surface area contributed by atoms with Crippen molar-refractivity contribution in [3.05, 3.63) is 0 Å². The molecule has 1 aliphatic rings. The fourth-order valence-corrected chi connectivity index (χ4v) is 1.94. The van der Waals surface area contributed by atoms with Crippen LogP contribution in [0.25, 0.3) is 0 Å². The molecule has 0 aromatic rings. The Morgan fingerprint density at radius 3 is 1.75 bits per heavy atom. The zero-order valence-corrected chi connectivity index (χ0v) is 11.4. The molecule has 0 spiro atoms. The molecule has 94 valence electrons. The van der Waals surface area contributed by atoms with Crippen LogP contribution >= 0.6 is 0 Å². The van der Waals surface area contributed by atoms with E-state index in [1.807, 2.05) is 20.8 Å². The monoisotopic (exact) mass is 247 g/mol. The van der Waals surface area contributed by atoms with E-state index in [1.54, 1.807) is 0 Å². The Labute approximate surface area is 98.8 Å². The number of carbonyl (C=O) groups excluding carboxylic acids is 1. The largest absolute Gasteiger partial charge is 0.484 e. The van der Waals surface area contributed by atoms with Gasteiger partial charge >= 0.3 is 9.53 Å². The van der Waals surface area contributed by atoms with E-state index in [-0.39, 0.29) is 0 Å². The standard InChI is InChI=1S/C6H16O3Si.C4H5NO/c1-4-7-10(8-5-2)9-6-3;6-3-5-4-1-2-4/h10H,4-6H2,1-3H3;4H,1-2H2. The van der Waals surface area contributed by atoms with Crippen LogP contribution in [0.3, 0.4) is 0 Å². The Hall–Kier alpha value is -0.523. The number of nitrogens with zero attached hydrogens (tertiary/aromatic N) is 1. The van der Waals surface area contributed by atoms with Gasteiger partial charge in [-0.15, -0.1) is 0 Å². The molecule has 1 aliphatic carbocycles. The highest BCUT2D eigenvalue weighted by atomic mass is 28.3. The fourth-order valence-electron chi connectivity index (χ4n) is 0.831. The fraction of sp³-hybridized carbons (Fsp3) is 0.900. The maximum Gasteiger partial charge on any atom is 0.484 e. The summed E-state index contributed by atoms with van der Waals surface area (Å²) >= 11 is 0. The molecule has 0 aliphatic heterocycles. The molecule has 0 unspecified atom stereocenters. The predicted molar refractivity (Wildman–Crippen MR) is 63.2 cm³/mol. The van der Waals surface area contributed by atoms with E-state index in [0.29, 0.717) is 25.9 Å². The molecule has 1 fully saturated rings. The average molecular weight is 247 g/mol. The van der Waals surface area contributed by atoms with Crippen molar-refractivity contribution in [2.45, 2.75) is 39.7 Å². The highest BCUT2D eigenvalue weighted by molar-refractivity contribution is 6.36. The second-order valence-corrected chi connectivity index (χ2v) is 4.68. The molecule has 0 bridgehead atoms. The van der Waals surface area contributed by atoms with Crippen molar-refractivity contribution >= 4 is 15.6 Å². The van der Waals surface area contributed by atoms with Crippen LogP contribution in [0.2, 0.25) is 0 Å². The SMILES string of the molecule is CCO[SiH](OCC)OCC.O=C=NC1CC1. The van der Waals surface area contributed by atoms with Gasteiger partial charge in [0.1, 0.15) is 0 Å². The number of isocyanates is 1. The summed E-state index contributed by atoms with van der Waals surface area (Å²) in [5.41, 5.74) is 0. The molecule has 0 N–H and O–H groups in total. The summed E-state index contributed by atoms with van der Waals surface area (Å²) in [5.74, 6) is 0. The minimum atomic E-state index is -1.73. The maximum atomic E-state index is 9.36. The van der Waals surface area contributed by atoms with Gasteiger partial charge in [0.25, 0.3) is 0 Å². The van der Waals surface area contributed by atoms with E-state index in [2.05, 4.69) is 4.99 Å². The first-order valence-corrected chi connectivity index (χ1v) is 7.11. The van der Waals surface area contributed by atoms with Gasteiger partial charge in [-0.05, 0) is 33.6 Å². The van der Waals surface area contributed by atoms with Gasteiger partial charge in [0, 0.05) is 19.8 Å². The average Bonchev–Trinajstić information content (AvgIpc) is 3.05. The van der Waals surface area contributed by atoms with Gasteiger partial charge in [0.15, 0.2) is 0 Å². The molecule has 0 amide bonds. The van der Waals surface area contributed by atoms with Gasteiger partial charge in [0.2, 0.25) is 6.08 Å². The van der Waals surface area contributed by atoms with Gasteiger partial charge in [-0.1, -0.05) is 0 Å². The lowest BCUT2D eigenvalue weighted by molar-refractivity contribution is 0.107. The third-order valence-corrected chi connectivity index (χ3v) is 3.51. The van der Waals surface area contributed by atoms with E-state index in [4.69, 9.17) is 13.3 Å². The first-order chi connectivity index (χ1) is 7.78. The minimum absolute atomic E-state index is 0.350. The number of hydrogen-bond donors (Lipinski definition) is 0. The van der Waals surface area contributed by atoms with Gasteiger partial charge in [-0.3, -0.25) is 0 Å². The summed E-state index contributed by atoms with van der Waals surface area (Å²) in [6, 6.07) is 0.350. The first kappa shape index (κ1) is 15.5. The lowest BCUT2D eigenvalue weighted by atomic mass is 10.8. The molecule has 0 saturated heterocycles. The van der Waals surface area contributed by atoms with Crippen molar-refractivity contribution in [3.63, 3.8) is 0 Å². The minimum Gasteiger partial charge on any atom is -0.376 e. The van der Waals surface area contributed by atoms with Crippen molar-refractivity contribution in [1.82, 2.24) is 0 Å². The quantitative estimate of drug-likeness (QED) is 0.386. The van der Waals surface area contributed by atoms with Crippen molar-refractivity contribution in [1.29, 1.82) is 0 Å². The first-order valence-electron chi connectivity index (χ1n) is 5.70. The summed E-state index contributed by atoms with van der Waals surface area (Å²) in [5, 5.41) is 0. The molecule has 16 heavy (non-hydrogen) atoms. The Morgan fingerprint density at radius 1 is 1.12 bits per heavy atom. The van der Waals surface area contributed by atoms with Crippen LogP contribution in [0.15, 0.2) is 4.99 Å². The van der Waals surface area contributed by atoms with Crippen LogP contribution in [-0.4, -0.2) is 41.5 Å². The highest BCUT2D eigenvalue weighted by Gasteiger charge is 2.19. The van der Waals surface area contributed by atoms with Crippen LogP contribution in [0, 0.1) is 0 Å². The lowest BCUT2D eigenvalue weighted by Gasteiger charge is -2.12. The normalized spacial score (nSPS) is 14.0. The molecule has 0 aromatic heterocycles. The Bertz CT molecular complexity index is 191. The topological polar surface area (TPSA) is 57.1 Å². The van der Waals surface area contributed by atoms with E-state index in [0.717, 1.165) is 12.8 Å². The summed E-state index contributed by atoms with van der Waals surface area (Å²) in [6.45, 7) is 7.86. The van der Waals surface area contributed by atoms with Gasteiger partial charge < -0.3 is 13.3 Å². The van der Waals surface area contributed by atoms with Crippen LogP contribution in [0.5, 0.6) is 0 Å². The molecule has 0 aromatic carbocycles. The second-order valence-electron chi connectivity index (χ2n) is 3.11. The van der Waals surface area contributed by atoms with Gasteiger partial charge in [-0.2, -0.15) is 0 Å². The molecular formula is C10H21NO4Si. The predicted octanol–water partition coefficient (Wildman–Crippen LogP) is 1.30. The molecular weight excluding hydrogens is 226 g/mol. The van der Waals surface area contributed by atoms with Crippen molar-refractivity contribution < 1.29 is 18.1 Å². The van der Waals surface area contributed by atoms with Crippen molar-refractivity contribution in [2.75, 3.05) is 19.8 Å². The third-order valence-electron chi connectivity index (χ3n) is 1.69. The molecule has 1 rings (SSSR count). The van der Waals surface area contributed by atoms with Crippen LogP contribution < -0.4 is 0 Å². The number of rotatable bonds is 7. The Kier molecular flexibility index (Phi) is 10.6. The summed E-state index contributed by atoms with van der Waals surface area (Å²) in [7, 11) is -1.73. The van der Waals surface area contributed by atoms with Crippen LogP contribution in [-0.2, 0) is 18.1 Å². The van der Waals surface area contributed by atoms with Crippen LogP contribution in [0.4, 0.5) is 0 Å². The maximum absolute atomic E-state index is 9.36. The Balaban J connectivity index is 0.000000315. The molecule has 1 saturated carbocycles. The van der Waals surface area contributed by atoms with Crippen molar-refractivity contribution in [2.24, 2.45) is 4.99 Å². The second kappa shape index (κ2) is 11.0. The summed E-state index contributed by atoms with van der Waals surface area (Å²) < 4.78 is 15.7. The van der Waals surface area contributed by atoms with Gasteiger partial charge in [0.05, 0.1) is 6.04 Å². The molecule has 6 heteroatoms. The smallest absolute Gasteiger partial charge is 0.376 e. The zero-order chi connectivity index (χ0) is 12.2. The van der Waals surface area contributed by atoms with E-state index < -0.39 is 9.53 Å². The summed E-state index contributed by atoms with van der Waals surface area (Å²) in [4.78, 5) is 12.8.